The summed E-state index contributed by atoms with van der Waals surface area (Å²) in [4.78, 5) is 8.94. The number of hydrogen-bond donors (Lipinski definition) is 2. The Labute approximate surface area is 135 Å². The van der Waals surface area contributed by atoms with Gasteiger partial charge in [-0.1, -0.05) is 6.07 Å². The molecule has 0 atom stereocenters. The number of thiocarbonyl (C=S) groups is 1. The van der Waals surface area contributed by atoms with E-state index in [0.717, 1.165) is 27.5 Å². The molecule has 0 saturated heterocycles. The fourth-order valence-corrected chi connectivity index (χ4v) is 2.79. The van der Waals surface area contributed by atoms with Crippen molar-refractivity contribution in [1.82, 2.24) is 15.3 Å². The number of rotatable bonds is 1. The van der Waals surface area contributed by atoms with Gasteiger partial charge in [-0.2, -0.15) is 0 Å². The van der Waals surface area contributed by atoms with Gasteiger partial charge in [-0.3, -0.25) is 9.97 Å². The smallest absolute Gasteiger partial charge is 0.171 e. The molecule has 0 aliphatic rings. The molecule has 112 valence electrons. The van der Waals surface area contributed by atoms with Crippen molar-refractivity contribution in [3.8, 4) is 0 Å². The van der Waals surface area contributed by atoms with E-state index in [2.05, 4.69) is 47.4 Å². The molecule has 2 N–H and O–H groups in total. The molecule has 0 aliphatic heterocycles. The lowest BCUT2D eigenvalue weighted by Crippen LogP contribution is -2.42. The zero-order chi connectivity index (χ0) is 15.7. The highest BCUT2D eigenvalue weighted by molar-refractivity contribution is 7.80. The van der Waals surface area contributed by atoms with Gasteiger partial charge in [0.15, 0.2) is 5.11 Å². The molecular formula is C17H18N4S. The van der Waals surface area contributed by atoms with Crippen LogP contribution in [0, 0.1) is 0 Å². The Bertz CT molecular complexity index is 852. The molecule has 4 nitrogen and oxygen atoms in total. The second-order valence-corrected chi connectivity index (χ2v) is 6.64. The van der Waals surface area contributed by atoms with Crippen LogP contribution in [0.15, 0.2) is 42.7 Å². The average molecular weight is 310 g/mol. The standard InChI is InChI=1S/C17H18N4S/c1-17(2,3)21-16(22)20-13-10-11-6-4-8-18-14(11)15-12(13)7-5-9-19-15/h4-10H,1-3H3,(H2,20,21,22). The summed E-state index contributed by atoms with van der Waals surface area (Å²) in [5.41, 5.74) is 2.63. The molecule has 0 amide bonds. The fourth-order valence-electron chi connectivity index (χ4n) is 2.37. The van der Waals surface area contributed by atoms with Crippen molar-refractivity contribution in [1.29, 1.82) is 0 Å². The summed E-state index contributed by atoms with van der Waals surface area (Å²) >= 11 is 5.41. The number of hydrogen-bond acceptors (Lipinski definition) is 3. The first-order valence-corrected chi connectivity index (χ1v) is 7.56. The summed E-state index contributed by atoms with van der Waals surface area (Å²) in [7, 11) is 0. The molecule has 3 aromatic rings. The van der Waals surface area contributed by atoms with Crippen molar-refractivity contribution in [2.24, 2.45) is 0 Å². The molecule has 2 heterocycles. The summed E-state index contributed by atoms with van der Waals surface area (Å²) in [6.45, 7) is 6.22. The molecule has 0 radical (unpaired) electrons. The Morgan fingerprint density at radius 2 is 1.73 bits per heavy atom. The van der Waals surface area contributed by atoms with E-state index in [1.54, 1.807) is 12.4 Å². The van der Waals surface area contributed by atoms with Crippen molar-refractivity contribution < 1.29 is 0 Å². The van der Waals surface area contributed by atoms with Crippen molar-refractivity contribution in [3.05, 3.63) is 42.7 Å². The SMILES string of the molecule is CC(C)(C)NC(=S)Nc1cc2cccnc2c2ncccc12. The van der Waals surface area contributed by atoms with Gasteiger partial charge in [0, 0.05) is 28.7 Å². The molecule has 1 aromatic carbocycles. The Hall–Kier alpha value is -2.27. The van der Waals surface area contributed by atoms with Gasteiger partial charge < -0.3 is 10.6 Å². The molecule has 0 saturated carbocycles. The molecule has 3 rings (SSSR count). The summed E-state index contributed by atoms with van der Waals surface area (Å²) in [5.74, 6) is 0. The van der Waals surface area contributed by atoms with E-state index >= 15 is 0 Å². The maximum absolute atomic E-state index is 5.41. The van der Waals surface area contributed by atoms with Gasteiger partial charge in [0.1, 0.15) is 0 Å². The van der Waals surface area contributed by atoms with Crippen LogP contribution in [0.3, 0.4) is 0 Å². The van der Waals surface area contributed by atoms with Crippen LogP contribution in [0.4, 0.5) is 5.69 Å². The van der Waals surface area contributed by atoms with Gasteiger partial charge in [-0.25, -0.2) is 0 Å². The quantitative estimate of drug-likeness (QED) is 0.528. The van der Waals surface area contributed by atoms with Gasteiger partial charge >= 0.3 is 0 Å². The Morgan fingerprint density at radius 3 is 2.45 bits per heavy atom. The maximum atomic E-state index is 5.41. The van der Waals surface area contributed by atoms with Gasteiger partial charge in [0.2, 0.25) is 0 Å². The van der Waals surface area contributed by atoms with Crippen LogP contribution < -0.4 is 10.6 Å². The Balaban J connectivity index is 2.10. The Kier molecular flexibility index (Phi) is 3.66. The Morgan fingerprint density at radius 1 is 1.05 bits per heavy atom. The third kappa shape index (κ3) is 2.99. The predicted molar refractivity (Wildman–Crippen MR) is 96.2 cm³/mol. The van der Waals surface area contributed by atoms with E-state index in [0.29, 0.717) is 5.11 Å². The largest absolute Gasteiger partial charge is 0.358 e. The summed E-state index contributed by atoms with van der Waals surface area (Å²) in [6, 6.07) is 9.96. The molecule has 0 unspecified atom stereocenters. The van der Waals surface area contributed by atoms with E-state index in [-0.39, 0.29) is 5.54 Å². The first-order chi connectivity index (χ1) is 10.4. The fraction of sp³-hybridized carbons (Fsp3) is 0.235. The van der Waals surface area contributed by atoms with Crippen LogP contribution in [-0.2, 0) is 0 Å². The van der Waals surface area contributed by atoms with Crippen molar-refractivity contribution >= 4 is 44.8 Å². The molecule has 0 bridgehead atoms. The molecule has 5 heteroatoms. The number of anilines is 1. The number of nitrogens with one attached hydrogen (secondary N) is 2. The van der Waals surface area contributed by atoms with Crippen molar-refractivity contribution in [2.45, 2.75) is 26.3 Å². The molecule has 0 aliphatic carbocycles. The monoisotopic (exact) mass is 310 g/mol. The normalized spacial score (nSPS) is 11.6. The minimum absolute atomic E-state index is 0.0868. The number of benzene rings is 1. The molecule has 2 aromatic heterocycles. The summed E-state index contributed by atoms with van der Waals surface area (Å²) < 4.78 is 0. The van der Waals surface area contributed by atoms with E-state index < -0.39 is 0 Å². The summed E-state index contributed by atoms with van der Waals surface area (Å²) in [6.07, 6.45) is 3.57. The zero-order valence-electron chi connectivity index (χ0n) is 12.8. The van der Waals surface area contributed by atoms with E-state index in [4.69, 9.17) is 12.2 Å². The molecule has 0 fully saturated rings. The maximum Gasteiger partial charge on any atom is 0.171 e. The van der Waals surface area contributed by atoms with Gasteiger partial charge in [-0.15, -0.1) is 0 Å². The third-order valence-electron chi connectivity index (χ3n) is 3.20. The minimum Gasteiger partial charge on any atom is -0.358 e. The van der Waals surface area contributed by atoms with E-state index in [1.165, 1.54) is 0 Å². The van der Waals surface area contributed by atoms with Crippen LogP contribution in [0.1, 0.15) is 20.8 Å². The lowest BCUT2D eigenvalue weighted by Gasteiger charge is -2.23. The lowest BCUT2D eigenvalue weighted by atomic mass is 10.1. The molecule has 0 spiro atoms. The number of aromatic nitrogens is 2. The highest BCUT2D eigenvalue weighted by Gasteiger charge is 2.13. The van der Waals surface area contributed by atoms with Crippen LogP contribution >= 0.6 is 12.2 Å². The number of nitrogens with zero attached hydrogens (tertiary/aromatic N) is 2. The molecular weight excluding hydrogens is 292 g/mol. The van der Waals surface area contributed by atoms with Crippen molar-refractivity contribution in [2.75, 3.05) is 5.32 Å². The first kappa shape index (κ1) is 14.7. The van der Waals surface area contributed by atoms with Gasteiger partial charge in [-0.05, 0) is 57.3 Å². The minimum atomic E-state index is -0.0868. The van der Waals surface area contributed by atoms with Gasteiger partial charge in [0.05, 0.1) is 16.7 Å². The topological polar surface area (TPSA) is 49.8 Å². The summed E-state index contributed by atoms with van der Waals surface area (Å²) in [5, 5.41) is 9.19. The van der Waals surface area contributed by atoms with E-state index in [1.807, 2.05) is 24.3 Å². The third-order valence-corrected chi connectivity index (χ3v) is 3.40. The van der Waals surface area contributed by atoms with Crippen LogP contribution in [0.5, 0.6) is 0 Å². The highest BCUT2D eigenvalue weighted by atomic mass is 32.1. The van der Waals surface area contributed by atoms with E-state index in [9.17, 15) is 0 Å². The lowest BCUT2D eigenvalue weighted by molar-refractivity contribution is 0.515. The first-order valence-electron chi connectivity index (χ1n) is 7.16. The molecule has 22 heavy (non-hydrogen) atoms. The second-order valence-electron chi connectivity index (χ2n) is 6.23. The second kappa shape index (κ2) is 5.50. The number of pyridine rings is 2. The predicted octanol–water partition coefficient (Wildman–Crippen LogP) is 3.87. The van der Waals surface area contributed by atoms with Crippen LogP contribution in [-0.4, -0.2) is 20.6 Å². The average Bonchev–Trinajstić information content (AvgIpc) is 2.45. The van der Waals surface area contributed by atoms with Gasteiger partial charge in [0.25, 0.3) is 0 Å². The van der Waals surface area contributed by atoms with Crippen LogP contribution in [0.25, 0.3) is 21.8 Å². The van der Waals surface area contributed by atoms with Crippen LogP contribution in [0.2, 0.25) is 0 Å². The number of fused-ring (bicyclic) bond motifs is 3. The highest BCUT2D eigenvalue weighted by Crippen LogP contribution is 2.29. The van der Waals surface area contributed by atoms with Crippen molar-refractivity contribution in [3.63, 3.8) is 0 Å². The zero-order valence-corrected chi connectivity index (χ0v) is 13.7.